The molecule has 2 heterocycles. The van der Waals surface area contributed by atoms with Crippen molar-refractivity contribution in [3.8, 4) is 5.75 Å². The number of rotatable bonds is 7. The predicted molar refractivity (Wildman–Crippen MR) is 153 cm³/mol. The number of aliphatic hydroxyl groups excluding tert-OH is 1. The molecule has 6 aromatic rings. The highest BCUT2D eigenvalue weighted by atomic mass is 32.2. The van der Waals surface area contributed by atoms with Crippen LogP contribution in [0.2, 0.25) is 0 Å². The molecule has 0 saturated heterocycles. The Bertz CT molecular complexity index is 2080. The lowest BCUT2D eigenvalue weighted by Crippen LogP contribution is -2.22. The second kappa shape index (κ2) is 9.67. The molecule has 0 aliphatic rings. The number of aromatic nitrogens is 2. The summed E-state index contributed by atoms with van der Waals surface area (Å²) in [5.74, 6) is 0.285. The number of methoxy groups -OCH3 is 1. The predicted octanol–water partition coefficient (Wildman–Crippen LogP) is 5.16. The van der Waals surface area contributed by atoms with Crippen LogP contribution in [0.1, 0.15) is 17.5 Å². The molecule has 8 nitrogen and oxygen atoms in total. The van der Waals surface area contributed by atoms with Crippen molar-refractivity contribution in [3.63, 3.8) is 0 Å². The lowest BCUT2D eigenvalue weighted by molar-refractivity contribution is 0.209. The van der Waals surface area contributed by atoms with Crippen LogP contribution < -0.4 is 4.74 Å². The van der Waals surface area contributed by atoms with Crippen molar-refractivity contribution >= 4 is 41.9 Å². The number of hydrogen-bond acceptors (Lipinski definition) is 6. The number of benzene rings is 4. The number of para-hydroxylation sites is 2. The third kappa shape index (κ3) is 4.00. The van der Waals surface area contributed by atoms with Crippen LogP contribution in [-0.4, -0.2) is 37.0 Å². The Hall–Kier alpha value is -4.38. The highest BCUT2D eigenvalue weighted by molar-refractivity contribution is 7.90. The summed E-state index contributed by atoms with van der Waals surface area (Å²) in [4.78, 5) is 0.0354. The molecule has 4 aromatic carbocycles. The SMILES string of the molecule is COc1cccc2cc(C(O)c3cc4ccccc4n3S(=O)(=O)c3ccccc3)n(S(=O)(=O)c3ccccc3)c12. The zero-order chi connectivity index (χ0) is 28.1. The highest BCUT2D eigenvalue weighted by Crippen LogP contribution is 2.38. The summed E-state index contributed by atoms with van der Waals surface area (Å²) in [7, 11) is -6.99. The molecular formula is C30H24N2O6S2. The topological polar surface area (TPSA) is 108 Å². The van der Waals surface area contributed by atoms with Gasteiger partial charge in [-0.2, -0.15) is 0 Å². The Morgan fingerprint density at radius 3 is 1.75 bits per heavy atom. The van der Waals surface area contributed by atoms with E-state index in [1.807, 2.05) is 0 Å². The molecule has 40 heavy (non-hydrogen) atoms. The first-order chi connectivity index (χ1) is 19.2. The molecule has 0 aliphatic carbocycles. The first kappa shape index (κ1) is 25.9. The molecule has 6 rings (SSSR count). The molecule has 0 aliphatic heterocycles. The summed E-state index contributed by atoms with van der Waals surface area (Å²) >= 11 is 0. The average Bonchev–Trinajstić information content (AvgIpc) is 3.58. The van der Waals surface area contributed by atoms with Gasteiger partial charge in [0.05, 0.1) is 33.8 Å². The largest absolute Gasteiger partial charge is 0.495 e. The summed E-state index contributed by atoms with van der Waals surface area (Å²) in [6.45, 7) is 0. The molecule has 1 N–H and O–H groups in total. The average molecular weight is 573 g/mol. The molecule has 0 fully saturated rings. The summed E-state index contributed by atoms with van der Waals surface area (Å²) in [6, 6.07) is 30.7. The van der Waals surface area contributed by atoms with Gasteiger partial charge in [-0.3, -0.25) is 0 Å². The van der Waals surface area contributed by atoms with Crippen LogP contribution in [-0.2, 0) is 20.0 Å². The molecule has 0 saturated carbocycles. The van der Waals surface area contributed by atoms with E-state index in [1.165, 1.54) is 31.4 Å². The van der Waals surface area contributed by atoms with Crippen molar-refractivity contribution in [1.29, 1.82) is 0 Å². The Labute approximate surface area is 231 Å². The van der Waals surface area contributed by atoms with Gasteiger partial charge in [-0.1, -0.05) is 66.7 Å². The molecule has 0 bridgehead atoms. The second-order valence-corrected chi connectivity index (χ2v) is 12.7. The fourth-order valence-electron chi connectivity index (χ4n) is 4.99. The van der Waals surface area contributed by atoms with E-state index in [0.29, 0.717) is 16.3 Å². The van der Waals surface area contributed by atoms with Crippen molar-refractivity contribution < 1.29 is 26.7 Å². The Balaban J connectivity index is 1.67. The van der Waals surface area contributed by atoms with E-state index in [-0.39, 0.29) is 32.4 Å². The van der Waals surface area contributed by atoms with E-state index in [0.717, 1.165) is 7.94 Å². The summed E-state index contributed by atoms with van der Waals surface area (Å²) in [6.07, 6.45) is -1.65. The van der Waals surface area contributed by atoms with Crippen molar-refractivity contribution in [3.05, 3.63) is 127 Å². The molecule has 1 atom stereocenters. The van der Waals surface area contributed by atoms with E-state index in [9.17, 15) is 21.9 Å². The number of hydrogen-bond donors (Lipinski definition) is 1. The maximum Gasteiger partial charge on any atom is 0.268 e. The number of fused-ring (bicyclic) bond motifs is 2. The third-order valence-corrected chi connectivity index (χ3v) is 10.3. The molecule has 0 amide bonds. The van der Waals surface area contributed by atoms with E-state index in [1.54, 1.807) is 91.0 Å². The van der Waals surface area contributed by atoms with E-state index >= 15 is 0 Å². The zero-order valence-corrected chi connectivity index (χ0v) is 22.9. The van der Waals surface area contributed by atoms with Crippen molar-refractivity contribution in [1.82, 2.24) is 7.94 Å². The van der Waals surface area contributed by atoms with Gasteiger partial charge in [0.1, 0.15) is 17.4 Å². The third-order valence-electron chi connectivity index (χ3n) is 6.81. The summed E-state index contributed by atoms with van der Waals surface area (Å²) in [5, 5.41) is 13.0. The number of ether oxygens (including phenoxy) is 1. The standard InChI is InChI=1S/C30H24N2O6S2/c1-38-28-18-10-12-22-20-27(32(29(22)28)40(36,37)24-15-6-3-7-16-24)30(33)26-19-21-11-8-9-17-25(21)31(26)39(34,35)23-13-4-2-5-14-23/h2-20,30,33H,1H3. The Morgan fingerprint density at radius 1 is 0.625 bits per heavy atom. The monoisotopic (exact) mass is 572 g/mol. The van der Waals surface area contributed by atoms with Gasteiger partial charge in [0.25, 0.3) is 20.0 Å². The van der Waals surface area contributed by atoms with Gasteiger partial charge in [-0.05, 0) is 48.5 Å². The van der Waals surface area contributed by atoms with Gasteiger partial charge >= 0.3 is 0 Å². The minimum Gasteiger partial charge on any atom is -0.495 e. The van der Waals surface area contributed by atoms with E-state index in [2.05, 4.69) is 0 Å². The smallest absolute Gasteiger partial charge is 0.268 e. The number of aliphatic hydroxyl groups is 1. The fraction of sp³-hybridized carbons (Fsp3) is 0.0667. The minimum absolute atomic E-state index is 0.00339. The maximum absolute atomic E-state index is 14.1. The van der Waals surface area contributed by atoms with Gasteiger partial charge in [-0.25, -0.2) is 24.8 Å². The molecule has 1 unspecified atom stereocenters. The lowest BCUT2D eigenvalue weighted by Gasteiger charge is -2.19. The van der Waals surface area contributed by atoms with Crippen LogP contribution in [0.3, 0.4) is 0 Å². The quantitative estimate of drug-likeness (QED) is 0.283. The van der Waals surface area contributed by atoms with Crippen molar-refractivity contribution in [2.75, 3.05) is 7.11 Å². The minimum atomic E-state index is -4.25. The molecule has 0 spiro atoms. The fourth-order valence-corrected chi connectivity index (χ4v) is 8.14. The van der Waals surface area contributed by atoms with Gasteiger partial charge in [-0.15, -0.1) is 0 Å². The van der Waals surface area contributed by atoms with Gasteiger partial charge in [0, 0.05) is 10.8 Å². The van der Waals surface area contributed by atoms with Crippen LogP contribution in [0, 0.1) is 0 Å². The molecule has 0 radical (unpaired) electrons. The van der Waals surface area contributed by atoms with Gasteiger partial charge in [0.2, 0.25) is 0 Å². The van der Waals surface area contributed by atoms with Crippen LogP contribution in [0.25, 0.3) is 21.8 Å². The maximum atomic E-state index is 14.1. The molecular weight excluding hydrogens is 548 g/mol. The normalized spacial score (nSPS) is 13.1. The van der Waals surface area contributed by atoms with Crippen LogP contribution in [0.5, 0.6) is 5.75 Å². The molecule has 202 valence electrons. The number of nitrogens with zero attached hydrogens (tertiary/aromatic N) is 2. The Morgan fingerprint density at radius 2 is 1.12 bits per heavy atom. The van der Waals surface area contributed by atoms with Crippen molar-refractivity contribution in [2.24, 2.45) is 0 Å². The van der Waals surface area contributed by atoms with Crippen LogP contribution in [0.4, 0.5) is 0 Å². The lowest BCUT2D eigenvalue weighted by atomic mass is 10.1. The van der Waals surface area contributed by atoms with Gasteiger partial charge < -0.3 is 9.84 Å². The zero-order valence-electron chi connectivity index (χ0n) is 21.2. The Kier molecular flexibility index (Phi) is 6.25. The molecule has 2 aromatic heterocycles. The summed E-state index contributed by atoms with van der Waals surface area (Å²) < 4.78 is 63.7. The van der Waals surface area contributed by atoms with Gasteiger partial charge in [0.15, 0.2) is 0 Å². The van der Waals surface area contributed by atoms with E-state index in [4.69, 9.17) is 4.74 Å². The van der Waals surface area contributed by atoms with Crippen LogP contribution >= 0.6 is 0 Å². The molecule has 10 heteroatoms. The highest BCUT2D eigenvalue weighted by Gasteiger charge is 2.33. The summed E-state index contributed by atoms with van der Waals surface area (Å²) in [5.41, 5.74) is 0.551. The van der Waals surface area contributed by atoms with Crippen molar-refractivity contribution in [2.45, 2.75) is 15.9 Å². The first-order valence-corrected chi connectivity index (χ1v) is 15.2. The van der Waals surface area contributed by atoms with Crippen LogP contribution in [0.15, 0.2) is 125 Å². The second-order valence-electron chi connectivity index (χ2n) is 9.16. The first-order valence-electron chi connectivity index (χ1n) is 12.3. The van der Waals surface area contributed by atoms with E-state index < -0.39 is 26.2 Å².